The Bertz CT molecular complexity index is 384. The second kappa shape index (κ2) is 4.69. The first kappa shape index (κ1) is 12.4. The molecule has 0 aliphatic carbocycles. The van der Waals surface area contributed by atoms with Gasteiger partial charge < -0.3 is 10.6 Å². The number of fused-ring (bicyclic) bond motifs is 1. The molecule has 2 rings (SSSR count). The molecule has 0 spiro atoms. The second-order valence-corrected chi connectivity index (χ2v) is 5.75. The fraction of sp³-hybridized carbons (Fsp3) is 0.600. The summed E-state index contributed by atoms with van der Waals surface area (Å²) in [4.78, 5) is 0. The van der Waals surface area contributed by atoms with E-state index in [9.17, 15) is 0 Å². The highest BCUT2D eigenvalue weighted by Gasteiger charge is 2.33. The first-order valence-corrected chi connectivity index (χ1v) is 6.64. The predicted molar refractivity (Wildman–Crippen MR) is 74.6 cm³/mol. The highest BCUT2D eigenvalue weighted by Crippen LogP contribution is 2.40. The summed E-state index contributed by atoms with van der Waals surface area (Å²) < 4.78 is 0. The van der Waals surface area contributed by atoms with Crippen molar-refractivity contribution in [1.82, 2.24) is 5.32 Å². The first-order chi connectivity index (χ1) is 8.03. The number of hydrogen-bond donors (Lipinski definition) is 2. The summed E-state index contributed by atoms with van der Waals surface area (Å²) in [7, 11) is 0. The molecule has 0 saturated carbocycles. The zero-order chi connectivity index (χ0) is 12.5. The molecule has 0 aromatic heterocycles. The van der Waals surface area contributed by atoms with E-state index in [1.165, 1.54) is 17.7 Å². The van der Waals surface area contributed by atoms with Crippen molar-refractivity contribution in [1.29, 1.82) is 0 Å². The number of rotatable bonds is 4. The molecule has 1 aromatic rings. The third kappa shape index (κ3) is 2.63. The Balaban J connectivity index is 2.17. The van der Waals surface area contributed by atoms with E-state index in [0.717, 1.165) is 6.54 Å². The molecule has 2 N–H and O–H groups in total. The van der Waals surface area contributed by atoms with Crippen LogP contribution in [0.1, 0.15) is 45.6 Å². The molecule has 1 aromatic carbocycles. The normalized spacial score (nSPS) is 23.3. The third-order valence-corrected chi connectivity index (χ3v) is 3.73. The molecule has 1 aliphatic rings. The monoisotopic (exact) mass is 232 g/mol. The van der Waals surface area contributed by atoms with Gasteiger partial charge in [0.1, 0.15) is 0 Å². The molecule has 0 radical (unpaired) electrons. The quantitative estimate of drug-likeness (QED) is 0.831. The third-order valence-electron chi connectivity index (χ3n) is 3.73. The highest BCUT2D eigenvalue weighted by molar-refractivity contribution is 5.59. The van der Waals surface area contributed by atoms with Gasteiger partial charge in [-0.05, 0) is 45.4 Å². The number of hydrogen-bond acceptors (Lipinski definition) is 2. The summed E-state index contributed by atoms with van der Waals surface area (Å²) in [5.41, 5.74) is 3.00. The molecule has 1 heterocycles. The van der Waals surface area contributed by atoms with Crippen LogP contribution in [0.3, 0.4) is 0 Å². The van der Waals surface area contributed by atoms with Crippen LogP contribution in [-0.2, 0) is 0 Å². The van der Waals surface area contributed by atoms with Crippen molar-refractivity contribution in [2.75, 3.05) is 11.9 Å². The zero-order valence-electron chi connectivity index (χ0n) is 11.4. The molecule has 2 nitrogen and oxygen atoms in total. The van der Waals surface area contributed by atoms with Crippen LogP contribution in [0.25, 0.3) is 0 Å². The van der Waals surface area contributed by atoms with E-state index in [2.05, 4.69) is 62.6 Å². The SMILES string of the molecule is CCNC(C)(C)CC1c2ccccc2NC1C. The van der Waals surface area contributed by atoms with Gasteiger partial charge in [0.05, 0.1) is 0 Å². The van der Waals surface area contributed by atoms with Gasteiger partial charge in [0.25, 0.3) is 0 Å². The fourth-order valence-corrected chi connectivity index (χ4v) is 2.95. The van der Waals surface area contributed by atoms with E-state index in [1.54, 1.807) is 0 Å². The molecule has 2 heteroatoms. The van der Waals surface area contributed by atoms with Gasteiger partial charge >= 0.3 is 0 Å². The van der Waals surface area contributed by atoms with Gasteiger partial charge in [0.15, 0.2) is 0 Å². The van der Waals surface area contributed by atoms with E-state index in [-0.39, 0.29) is 5.54 Å². The summed E-state index contributed by atoms with van der Waals surface area (Å²) in [6.45, 7) is 10.1. The molecule has 0 amide bonds. The zero-order valence-corrected chi connectivity index (χ0v) is 11.4. The van der Waals surface area contributed by atoms with Crippen LogP contribution in [0.5, 0.6) is 0 Å². The van der Waals surface area contributed by atoms with Crippen LogP contribution in [-0.4, -0.2) is 18.1 Å². The number of anilines is 1. The summed E-state index contributed by atoms with van der Waals surface area (Å²) in [6, 6.07) is 9.23. The van der Waals surface area contributed by atoms with E-state index >= 15 is 0 Å². The van der Waals surface area contributed by atoms with Gasteiger partial charge in [-0.2, -0.15) is 0 Å². The molecule has 0 bridgehead atoms. The van der Waals surface area contributed by atoms with Gasteiger partial charge in [0.2, 0.25) is 0 Å². The Morgan fingerprint density at radius 3 is 2.71 bits per heavy atom. The van der Waals surface area contributed by atoms with E-state index in [0.29, 0.717) is 12.0 Å². The van der Waals surface area contributed by atoms with Crippen molar-refractivity contribution in [2.24, 2.45) is 0 Å². The Kier molecular flexibility index (Phi) is 3.43. The van der Waals surface area contributed by atoms with E-state index in [1.807, 2.05) is 0 Å². The lowest BCUT2D eigenvalue weighted by molar-refractivity contribution is 0.335. The number of benzene rings is 1. The van der Waals surface area contributed by atoms with Gasteiger partial charge in [-0.1, -0.05) is 25.1 Å². The number of para-hydroxylation sites is 1. The molecule has 1 aliphatic heterocycles. The average molecular weight is 232 g/mol. The first-order valence-electron chi connectivity index (χ1n) is 6.64. The van der Waals surface area contributed by atoms with Gasteiger partial charge in [-0.15, -0.1) is 0 Å². The van der Waals surface area contributed by atoms with Crippen molar-refractivity contribution in [2.45, 2.75) is 51.6 Å². The lowest BCUT2D eigenvalue weighted by Crippen LogP contribution is -2.41. The van der Waals surface area contributed by atoms with Crippen LogP contribution >= 0.6 is 0 Å². The maximum absolute atomic E-state index is 3.58. The molecule has 94 valence electrons. The topological polar surface area (TPSA) is 24.1 Å². The van der Waals surface area contributed by atoms with Crippen LogP contribution in [0, 0.1) is 0 Å². The summed E-state index contributed by atoms with van der Waals surface area (Å²) in [6.07, 6.45) is 1.17. The van der Waals surface area contributed by atoms with Gasteiger partial charge in [-0.25, -0.2) is 0 Å². The molecule has 0 fully saturated rings. The maximum atomic E-state index is 3.58. The molecular weight excluding hydrogens is 208 g/mol. The van der Waals surface area contributed by atoms with Crippen LogP contribution in [0.15, 0.2) is 24.3 Å². The molecular formula is C15H24N2. The largest absolute Gasteiger partial charge is 0.382 e. The number of nitrogens with one attached hydrogen (secondary N) is 2. The van der Waals surface area contributed by atoms with E-state index in [4.69, 9.17) is 0 Å². The smallest absolute Gasteiger partial charge is 0.0378 e. The minimum atomic E-state index is 0.201. The molecule has 2 unspecified atom stereocenters. The maximum Gasteiger partial charge on any atom is 0.0378 e. The highest BCUT2D eigenvalue weighted by atomic mass is 15.0. The summed E-state index contributed by atoms with van der Waals surface area (Å²) in [5, 5.41) is 7.16. The minimum Gasteiger partial charge on any atom is -0.382 e. The Hall–Kier alpha value is -1.02. The Morgan fingerprint density at radius 1 is 1.29 bits per heavy atom. The second-order valence-electron chi connectivity index (χ2n) is 5.75. The standard InChI is InChI=1S/C15H24N2/c1-5-16-15(3,4)10-13-11(2)17-14-9-7-6-8-12(13)14/h6-9,11,13,16-17H,5,10H2,1-4H3. The minimum absolute atomic E-state index is 0.201. The van der Waals surface area contributed by atoms with Crippen molar-refractivity contribution >= 4 is 5.69 Å². The average Bonchev–Trinajstić information content (AvgIpc) is 2.55. The van der Waals surface area contributed by atoms with Crippen molar-refractivity contribution in [3.05, 3.63) is 29.8 Å². The van der Waals surface area contributed by atoms with Crippen LogP contribution in [0.4, 0.5) is 5.69 Å². The molecule has 0 saturated heterocycles. The lowest BCUT2D eigenvalue weighted by atomic mass is 9.84. The lowest BCUT2D eigenvalue weighted by Gasteiger charge is -2.30. The molecule has 17 heavy (non-hydrogen) atoms. The molecule has 2 atom stereocenters. The van der Waals surface area contributed by atoms with Crippen molar-refractivity contribution in [3.63, 3.8) is 0 Å². The van der Waals surface area contributed by atoms with Gasteiger partial charge in [-0.3, -0.25) is 0 Å². The fourth-order valence-electron chi connectivity index (χ4n) is 2.95. The van der Waals surface area contributed by atoms with Crippen molar-refractivity contribution < 1.29 is 0 Å². The van der Waals surface area contributed by atoms with Crippen LogP contribution in [0.2, 0.25) is 0 Å². The predicted octanol–water partition coefficient (Wildman–Crippen LogP) is 3.36. The van der Waals surface area contributed by atoms with Crippen LogP contribution < -0.4 is 10.6 Å². The van der Waals surface area contributed by atoms with Crippen molar-refractivity contribution in [3.8, 4) is 0 Å². The van der Waals surface area contributed by atoms with Gasteiger partial charge in [0, 0.05) is 23.2 Å². The Morgan fingerprint density at radius 2 is 2.00 bits per heavy atom. The summed E-state index contributed by atoms with van der Waals surface area (Å²) >= 11 is 0. The summed E-state index contributed by atoms with van der Waals surface area (Å²) in [5.74, 6) is 0.611. The Labute approximate surface area is 105 Å². The van der Waals surface area contributed by atoms with E-state index < -0.39 is 0 Å².